The average Bonchev–Trinajstić information content (AvgIpc) is 3.08. The molecular weight excluding hydrogens is 298 g/mol. The third-order valence-corrected chi connectivity index (χ3v) is 5.11. The van der Waals surface area contributed by atoms with Gasteiger partial charge in [-0.05, 0) is 62.8 Å². The quantitative estimate of drug-likeness (QED) is 0.776. The Balaban J connectivity index is 1.49. The summed E-state index contributed by atoms with van der Waals surface area (Å²) in [5.41, 5.74) is 1.41. The molecule has 0 saturated carbocycles. The highest BCUT2D eigenvalue weighted by atomic mass is 16.5. The number of nitrogens with zero attached hydrogens (tertiary/aromatic N) is 3. The first kappa shape index (κ1) is 17.0. The van der Waals surface area contributed by atoms with Crippen molar-refractivity contribution in [2.45, 2.75) is 45.7 Å². The van der Waals surface area contributed by atoms with Crippen LogP contribution < -0.4 is 4.74 Å². The second kappa shape index (κ2) is 8.34. The van der Waals surface area contributed by atoms with Crippen molar-refractivity contribution in [2.24, 2.45) is 5.92 Å². The maximum atomic E-state index is 5.23. The van der Waals surface area contributed by atoms with Crippen LogP contribution in [0.5, 0.6) is 5.75 Å². The number of rotatable bonds is 7. The maximum Gasteiger partial charge on any atom is 0.122 e. The number of hydrogen-bond donors (Lipinski definition) is 0. The standard InChI is InChI=1S/C20H29N3O/c1-3-23-14-12-21-20(23)16-22-13-4-5-18(15-22)7-6-17-8-10-19(24-2)11-9-17/h8-12,14,18H,3-7,13,15-16H2,1-2H3/t18-/m1/s1. The highest BCUT2D eigenvalue weighted by Crippen LogP contribution is 2.23. The molecule has 1 aliphatic rings. The zero-order valence-corrected chi connectivity index (χ0v) is 14.9. The van der Waals surface area contributed by atoms with Crippen LogP contribution in [0.2, 0.25) is 0 Å². The minimum atomic E-state index is 0.797. The van der Waals surface area contributed by atoms with E-state index in [1.54, 1.807) is 7.11 Å². The summed E-state index contributed by atoms with van der Waals surface area (Å²) in [5.74, 6) is 2.94. The summed E-state index contributed by atoms with van der Waals surface area (Å²) in [7, 11) is 1.72. The van der Waals surface area contributed by atoms with E-state index in [1.807, 2.05) is 6.20 Å². The van der Waals surface area contributed by atoms with Gasteiger partial charge in [-0.25, -0.2) is 4.98 Å². The number of methoxy groups -OCH3 is 1. The van der Waals surface area contributed by atoms with Crippen molar-refractivity contribution in [3.63, 3.8) is 0 Å². The molecule has 0 unspecified atom stereocenters. The fourth-order valence-corrected chi connectivity index (χ4v) is 3.67. The van der Waals surface area contributed by atoms with E-state index in [-0.39, 0.29) is 0 Å². The summed E-state index contributed by atoms with van der Waals surface area (Å²) < 4.78 is 7.48. The summed E-state index contributed by atoms with van der Waals surface area (Å²) in [6.07, 6.45) is 9.09. The van der Waals surface area contributed by atoms with Crippen molar-refractivity contribution < 1.29 is 4.74 Å². The SMILES string of the molecule is CCn1ccnc1CN1CCC[C@H](CCc2ccc(OC)cc2)C1. The molecule has 0 amide bonds. The number of imidazole rings is 1. The van der Waals surface area contributed by atoms with Gasteiger partial charge in [-0.1, -0.05) is 12.1 Å². The normalized spacial score (nSPS) is 18.7. The van der Waals surface area contributed by atoms with Gasteiger partial charge < -0.3 is 9.30 Å². The molecule has 2 heterocycles. The Bertz CT molecular complexity index is 620. The second-order valence-electron chi connectivity index (χ2n) is 6.76. The molecule has 24 heavy (non-hydrogen) atoms. The Morgan fingerprint density at radius 3 is 2.83 bits per heavy atom. The third-order valence-electron chi connectivity index (χ3n) is 5.11. The van der Waals surface area contributed by atoms with Gasteiger partial charge in [-0.3, -0.25) is 4.90 Å². The lowest BCUT2D eigenvalue weighted by Crippen LogP contribution is -2.35. The lowest BCUT2D eigenvalue weighted by Gasteiger charge is -2.32. The van der Waals surface area contributed by atoms with E-state index in [0.717, 1.165) is 31.2 Å². The molecule has 1 atom stereocenters. The Hall–Kier alpha value is -1.81. The van der Waals surface area contributed by atoms with Crippen LogP contribution in [0.25, 0.3) is 0 Å². The molecule has 3 rings (SSSR count). The predicted molar refractivity (Wildman–Crippen MR) is 97.2 cm³/mol. The van der Waals surface area contributed by atoms with Crippen LogP contribution in [0.4, 0.5) is 0 Å². The first-order valence-electron chi connectivity index (χ1n) is 9.13. The van der Waals surface area contributed by atoms with E-state index in [9.17, 15) is 0 Å². The molecule has 4 nitrogen and oxygen atoms in total. The number of hydrogen-bond acceptors (Lipinski definition) is 3. The predicted octanol–water partition coefficient (Wildman–Crippen LogP) is 3.76. The molecule has 1 aliphatic heterocycles. The minimum absolute atomic E-state index is 0.797. The van der Waals surface area contributed by atoms with Gasteiger partial charge in [-0.15, -0.1) is 0 Å². The van der Waals surface area contributed by atoms with Crippen molar-refractivity contribution in [3.8, 4) is 5.75 Å². The van der Waals surface area contributed by atoms with Crippen LogP contribution in [0, 0.1) is 5.92 Å². The molecule has 4 heteroatoms. The van der Waals surface area contributed by atoms with E-state index in [2.05, 4.69) is 51.8 Å². The van der Waals surface area contributed by atoms with E-state index < -0.39 is 0 Å². The molecule has 0 spiro atoms. The lowest BCUT2D eigenvalue weighted by atomic mass is 9.91. The first-order chi connectivity index (χ1) is 11.8. The zero-order chi connectivity index (χ0) is 16.8. The smallest absolute Gasteiger partial charge is 0.122 e. The van der Waals surface area contributed by atoms with Gasteiger partial charge in [0, 0.05) is 25.5 Å². The highest BCUT2D eigenvalue weighted by molar-refractivity contribution is 5.27. The monoisotopic (exact) mass is 327 g/mol. The molecule has 1 saturated heterocycles. The molecule has 0 bridgehead atoms. The summed E-state index contributed by atoms with van der Waals surface area (Å²) in [6, 6.07) is 8.51. The van der Waals surface area contributed by atoms with Crippen LogP contribution in [-0.4, -0.2) is 34.7 Å². The van der Waals surface area contributed by atoms with Crippen LogP contribution >= 0.6 is 0 Å². The second-order valence-corrected chi connectivity index (χ2v) is 6.76. The Morgan fingerprint density at radius 2 is 2.08 bits per heavy atom. The summed E-state index contributed by atoms with van der Waals surface area (Å²) in [5, 5.41) is 0. The molecule has 1 fully saturated rings. The molecule has 1 aromatic carbocycles. The van der Waals surface area contributed by atoms with Gasteiger partial charge in [0.2, 0.25) is 0 Å². The number of likely N-dealkylation sites (tertiary alicyclic amines) is 1. The van der Waals surface area contributed by atoms with E-state index in [1.165, 1.54) is 43.7 Å². The highest BCUT2D eigenvalue weighted by Gasteiger charge is 2.21. The molecule has 0 N–H and O–H groups in total. The van der Waals surface area contributed by atoms with Gasteiger partial charge in [-0.2, -0.15) is 0 Å². The average molecular weight is 327 g/mol. The van der Waals surface area contributed by atoms with Gasteiger partial charge in [0.1, 0.15) is 11.6 Å². The summed E-state index contributed by atoms with van der Waals surface area (Å²) in [6.45, 7) is 6.57. The van der Waals surface area contributed by atoms with Crippen molar-refractivity contribution in [2.75, 3.05) is 20.2 Å². The van der Waals surface area contributed by atoms with E-state index in [4.69, 9.17) is 4.74 Å². The van der Waals surface area contributed by atoms with Gasteiger partial charge >= 0.3 is 0 Å². The topological polar surface area (TPSA) is 30.3 Å². The number of ether oxygens (including phenoxy) is 1. The molecule has 1 aromatic heterocycles. The Morgan fingerprint density at radius 1 is 1.25 bits per heavy atom. The van der Waals surface area contributed by atoms with Crippen LogP contribution in [0.3, 0.4) is 0 Å². The van der Waals surface area contributed by atoms with Crippen molar-refractivity contribution >= 4 is 0 Å². The van der Waals surface area contributed by atoms with Crippen molar-refractivity contribution in [1.82, 2.24) is 14.5 Å². The fourth-order valence-electron chi connectivity index (χ4n) is 3.67. The number of piperidine rings is 1. The summed E-state index contributed by atoms with van der Waals surface area (Å²) >= 11 is 0. The van der Waals surface area contributed by atoms with Crippen molar-refractivity contribution in [3.05, 3.63) is 48.0 Å². The third kappa shape index (κ3) is 4.38. The molecule has 0 aliphatic carbocycles. The maximum absolute atomic E-state index is 5.23. The number of aryl methyl sites for hydroxylation is 2. The molecule has 2 aromatic rings. The lowest BCUT2D eigenvalue weighted by molar-refractivity contribution is 0.157. The fraction of sp³-hybridized carbons (Fsp3) is 0.550. The zero-order valence-electron chi connectivity index (χ0n) is 14.9. The molecular formula is C20H29N3O. The first-order valence-corrected chi connectivity index (χ1v) is 9.13. The van der Waals surface area contributed by atoms with Gasteiger partial charge in [0.05, 0.1) is 13.7 Å². The summed E-state index contributed by atoms with van der Waals surface area (Å²) in [4.78, 5) is 7.11. The van der Waals surface area contributed by atoms with Crippen molar-refractivity contribution in [1.29, 1.82) is 0 Å². The van der Waals surface area contributed by atoms with Crippen LogP contribution in [0.15, 0.2) is 36.7 Å². The molecule has 130 valence electrons. The van der Waals surface area contributed by atoms with E-state index >= 15 is 0 Å². The van der Waals surface area contributed by atoms with Gasteiger partial charge in [0.25, 0.3) is 0 Å². The number of benzene rings is 1. The van der Waals surface area contributed by atoms with Crippen LogP contribution in [-0.2, 0) is 19.5 Å². The Kier molecular flexibility index (Phi) is 5.91. The number of aromatic nitrogens is 2. The minimum Gasteiger partial charge on any atom is -0.497 e. The van der Waals surface area contributed by atoms with Crippen LogP contribution in [0.1, 0.15) is 37.6 Å². The van der Waals surface area contributed by atoms with E-state index in [0.29, 0.717) is 0 Å². The molecule has 0 radical (unpaired) electrons. The Labute approximate surface area is 145 Å². The largest absolute Gasteiger partial charge is 0.497 e. The van der Waals surface area contributed by atoms with Gasteiger partial charge in [0.15, 0.2) is 0 Å².